The van der Waals surface area contributed by atoms with Crippen molar-refractivity contribution >= 4 is 11.8 Å². The van der Waals surface area contributed by atoms with Crippen LogP contribution >= 0.6 is 0 Å². The number of halogens is 1. The fourth-order valence-corrected chi connectivity index (χ4v) is 2.68. The van der Waals surface area contributed by atoms with E-state index in [0.717, 1.165) is 11.3 Å². The molecule has 0 saturated carbocycles. The summed E-state index contributed by atoms with van der Waals surface area (Å²) in [5, 5.41) is 5.27. The number of nitrogens with one attached hydrogen (secondary N) is 2. The fourth-order valence-electron chi connectivity index (χ4n) is 2.68. The zero-order valence-electron chi connectivity index (χ0n) is 16.3. The lowest BCUT2D eigenvalue weighted by molar-refractivity contribution is -0.125. The predicted octanol–water partition coefficient (Wildman–Crippen LogP) is 2.77. The van der Waals surface area contributed by atoms with Crippen LogP contribution in [-0.4, -0.2) is 23.3 Å². The maximum atomic E-state index is 13.1. The van der Waals surface area contributed by atoms with Crippen LogP contribution in [0.5, 0.6) is 5.75 Å². The summed E-state index contributed by atoms with van der Waals surface area (Å²) in [5.41, 5.74) is 2.30. The first-order valence-electron chi connectivity index (χ1n) is 9.48. The van der Waals surface area contributed by atoms with Crippen molar-refractivity contribution in [2.24, 2.45) is 0 Å². The molecule has 2 N–H and O–H groups in total. The van der Waals surface area contributed by atoms with Crippen molar-refractivity contribution in [1.29, 1.82) is 0 Å². The molecule has 3 aromatic rings. The molecule has 0 spiro atoms. The standard InChI is InChI=1S/C23H22FN3O3/c24-19-5-3-4-18(12-19)13-22(28)27-15-23(29)26-14-17-7-9-21(10-8-17)30-16-20-6-1-2-11-25-20/h1-12H,13-16H2,(H,26,29)(H,27,28). The molecule has 7 heteroatoms. The van der Waals surface area contributed by atoms with Crippen LogP contribution in [0.25, 0.3) is 0 Å². The predicted molar refractivity (Wildman–Crippen MR) is 110 cm³/mol. The van der Waals surface area contributed by atoms with Gasteiger partial charge in [0.05, 0.1) is 18.7 Å². The summed E-state index contributed by atoms with van der Waals surface area (Å²) >= 11 is 0. The quantitative estimate of drug-likeness (QED) is 0.572. The van der Waals surface area contributed by atoms with Crippen molar-refractivity contribution in [2.75, 3.05) is 6.54 Å². The van der Waals surface area contributed by atoms with E-state index in [1.807, 2.05) is 42.5 Å². The van der Waals surface area contributed by atoms with Crippen LogP contribution in [-0.2, 0) is 29.2 Å². The number of pyridine rings is 1. The number of carbonyl (C=O) groups is 2. The van der Waals surface area contributed by atoms with Gasteiger partial charge in [-0.1, -0.05) is 30.3 Å². The number of ether oxygens (including phenoxy) is 1. The molecule has 0 bridgehead atoms. The Kier molecular flexibility index (Phi) is 7.49. The van der Waals surface area contributed by atoms with Crippen LogP contribution in [0.15, 0.2) is 72.9 Å². The number of hydrogen-bond donors (Lipinski definition) is 2. The molecule has 1 aromatic heterocycles. The van der Waals surface area contributed by atoms with Crippen LogP contribution in [0.1, 0.15) is 16.8 Å². The third-order valence-corrected chi connectivity index (χ3v) is 4.23. The molecular weight excluding hydrogens is 385 g/mol. The number of carbonyl (C=O) groups excluding carboxylic acids is 2. The topological polar surface area (TPSA) is 80.3 Å². The van der Waals surface area contributed by atoms with E-state index in [1.54, 1.807) is 18.3 Å². The van der Waals surface area contributed by atoms with Gasteiger partial charge in [-0.2, -0.15) is 0 Å². The Bertz CT molecular complexity index is 978. The van der Waals surface area contributed by atoms with Gasteiger partial charge in [0.2, 0.25) is 11.8 Å². The molecular formula is C23H22FN3O3. The van der Waals surface area contributed by atoms with Gasteiger partial charge < -0.3 is 15.4 Å². The van der Waals surface area contributed by atoms with Crippen molar-refractivity contribution in [3.05, 3.63) is 95.6 Å². The summed E-state index contributed by atoms with van der Waals surface area (Å²) < 4.78 is 18.8. The third kappa shape index (κ3) is 7.01. The largest absolute Gasteiger partial charge is 0.487 e. The molecule has 30 heavy (non-hydrogen) atoms. The molecule has 3 rings (SSSR count). The van der Waals surface area contributed by atoms with E-state index < -0.39 is 5.82 Å². The van der Waals surface area contributed by atoms with Gasteiger partial charge in [-0.3, -0.25) is 14.6 Å². The first-order valence-corrected chi connectivity index (χ1v) is 9.48. The maximum Gasteiger partial charge on any atom is 0.239 e. The van der Waals surface area contributed by atoms with Crippen LogP contribution in [0, 0.1) is 5.82 Å². The van der Waals surface area contributed by atoms with Crippen molar-refractivity contribution in [3.8, 4) is 5.75 Å². The lowest BCUT2D eigenvalue weighted by atomic mass is 10.1. The molecule has 2 aromatic carbocycles. The number of nitrogens with zero attached hydrogens (tertiary/aromatic N) is 1. The van der Waals surface area contributed by atoms with Gasteiger partial charge in [0.25, 0.3) is 0 Å². The highest BCUT2D eigenvalue weighted by Crippen LogP contribution is 2.13. The Labute approximate surface area is 174 Å². The molecule has 0 aliphatic rings. The first-order chi connectivity index (χ1) is 14.6. The lowest BCUT2D eigenvalue weighted by Crippen LogP contribution is -2.37. The smallest absolute Gasteiger partial charge is 0.239 e. The molecule has 0 aliphatic heterocycles. The fraction of sp³-hybridized carbons (Fsp3) is 0.174. The highest BCUT2D eigenvalue weighted by atomic mass is 19.1. The van der Waals surface area contributed by atoms with Crippen molar-refractivity contribution in [2.45, 2.75) is 19.6 Å². The lowest BCUT2D eigenvalue weighted by Gasteiger charge is -2.09. The van der Waals surface area contributed by atoms with Crippen molar-refractivity contribution < 1.29 is 18.7 Å². The van der Waals surface area contributed by atoms with E-state index >= 15 is 0 Å². The van der Waals surface area contributed by atoms with Gasteiger partial charge in [-0.25, -0.2) is 4.39 Å². The van der Waals surface area contributed by atoms with Gasteiger partial charge in [0.1, 0.15) is 18.2 Å². The Hall–Kier alpha value is -3.74. The zero-order chi connectivity index (χ0) is 21.2. The van der Waals surface area contributed by atoms with E-state index in [-0.39, 0.29) is 24.8 Å². The molecule has 6 nitrogen and oxygen atoms in total. The molecule has 0 unspecified atom stereocenters. The van der Waals surface area contributed by atoms with E-state index in [9.17, 15) is 14.0 Å². The van der Waals surface area contributed by atoms with E-state index in [2.05, 4.69) is 15.6 Å². The van der Waals surface area contributed by atoms with Crippen LogP contribution in [0.4, 0.5) is 4.39 Å². The Morgan fingerprint density at radius 3 is 2.47 bits per heavy atom. The zero-order valence-corrected chi connectivity index (χ0v) is 16.3. The number of hydrogen-bond acceptors (Lipinski definition) is 4. The first kappa shape index (κ1) is 21.0. The summed E-state index contributed by atoms with van der Waals surface area (Å²) in [6.45, 7) is 0.574. The average molecular weight is 407 g/mol. The summed E-state index contributed by atoms with van der Waals surface area (Å²) in [6, 6.07) is 18.8. The van der Waals surface area contributed by atoms with Crippen LogP contribution in [0.2, 0.25) is 0 Å². The second-order valence-corrected chi connectivity index (χ2v) is 6.61. The number of aromatic nitrogens is 1. The van der Waals surface area contributed by atoms with Gasteiger partial charge >= 0.3 is 0 Å². The molecule has 154 valence electrons. The summed E-state index contributed by atoms with van der Waals surface area (Å²) in [5.74, 6) is -0.338. The van der Waals surface area contributed by atoms with Crippen molar-refractivity contribution in [1.82, 2.24) is 15.6 Å². The molecule has 0 aliphatic carbocycles. The maximum absolute atomic E-state index is 13.1. The van der Waals surface area contributed by atoms with E-state index in [4.69, 9.17) is 4.74 Å². The normalized spacial score (nSPS) is 10.3. The number of amides is 2. The van der Waals surface area contributed by atoms with Gasteiger partial charge in [-0.15, -0.1) is 0 Å². The van der Waals surface area contributed by atoms with Gasteiger partial charge in [0.15, 0.2) is 0 Å². The van der Waals surface area contributed by atoms with Gasteiger partial charge in [0, 0.05) is 12.7 Å². The van der Waals surface area contributed by atoms with E-state index in [0.29, 0.717) is 24.5 Å². The summed E-state index contributed by atoms with van der Waals surface area (Å²) in [6.07, 6.45) is 1.74. The molecule has 1 heterocycles. The number of benzene rings is 2. The Morgan fingerprint density at radius 2 is 1.73 bits per heavy atom. The molecule has 0 saturated heterocycles. The van der Waals surface area contributed by atoms with Crippen LogP contribution < -0.4 is 15.4 Å². The monoisotopic (exact) mass is 407 g/mol. The SMILES string of the molecule is O=C(CNC(=O)Cc1cccc(F)c1)NCc1ccc(OCc2ccccn2)cc1. The molecule has 0 radical (unpaired) electrons. The minimum atomic E-state index is -0.397. The minimum absolute atomic E-state index is 0.0189. The minimum Gasteiger partial charge on any atom is -0.487 e. The Morgan fingerprint density at radius 1 is 0.900 bits per heavy atom. The summed E-state index contributed by atoms with van der Waals surface area (Å²) in [7, 11) is 0. The Balaban J connectivity index is 1.36. The molecule has 2 amide bonds. The van der Waals surface area contributed by atoms with E-state index in [1.165, 1.54) is 12.1 Å². The average Bonchev–Trinajstić information content (AvgIpc) is 2.76. The van der Waals surface area contributed by atoms with Gasteiger partial charge in [-0.05, 0) is 47.5 Å². The second-order valence-electron chi connectivity index (χ2n) is 6.61. The molecule has 0 fully saturated rings. The highest BCUT2D eigenvalue weighted by molar-refractivity contribution is 5.85. The third-order valence-electron chi connectivity index (χ3n) is 4.23. The second kappa shape index (κ2) is 10.7. The van der Waals surface area contributed by atoms with Crippen LogP contribution in [0.3, 0.4) is 0 Å². The highest BCUT2D eigenvalue weighted by Gasteiger charge is 2.07. The number of rotatable bonds is 9. The molecule has 0 atom stereocenters. The summed E-state index contributed by atoms with van der Waals surface area (Å²) in [4.78, 5) is 28.0. The van der Waals surface area contributed by atoms with Crippen molar-refractivity contribution in [3.63, 3.8) is 0 Å².